The number of aryl methyl sites for hydroxylation is 1. The summed E-state index contributed by atoms with van der Waals surface area (Å²) < 4.78 is 13.4. The van der Waals surface area contributed by atoms with Crippen molar-refractivity contribution in [1.29, 1.82) is 0 Å². The van der Waals surface area contributed by atoms with Crippen molar-refractivity contribution in [2.75, 3.05) is 25.5 Å². The molecule has 0 aromatic heterocycles. The third kappa shape index (κ3) is 4.71. The van der Waals surface area contributed by atoms with Gasteiger partial charge in [-0.05, 0) is 55.3 Å². The maximum absolute atomic E-state index is 13.4. The Morgan fingerprint density at radius 3 is 2.63 bits per heavy atom. The Hall–Kier alpha value is -2.73. The Morgan fingerprint density at radius 1 is 1.19 bits per heavy atom. The van der Waals surface area contributed by atoms with Gasteiger partial charge in [-0.1, -0.05) is 18.2 Å². The molecule has 27 heavy (non-hydrogen) atoms. The minimum Gasteiger partial charge on any atom is -0.359 e. The minimum atomic E-state index is -0.382. The van der Waals surface area contributed by atoms with Crippen LogP contribution in [0, 0.1) is 18.7 Å². The zero-order valence-corrected chi connectivity index (χ0v) is 15.6. The molecule has 1 aliphatic rings. The molecule has 3 rings (SSSR count). The monoisotopic (exact) mass is 369 g/mol. The third-order valence-corrected chi connectivity index (χ3v) is 4.96. The van der Waals surface area contributed by atoms with Crippen LogP contribution in [0.1, 0.15) is 27.9 Å². The number of amides is 2. The predicted molar refractivity (Wildman–Crippen MR) is 103 cm³/mol. The molecular weight excluding hydrogens is 345 g/mol. The molecule has 0 spiro atoms. The summed E-state index contributed by atoms with van der Waals surface area (Å²) in [5, 5.41) is 5.46. The van der Waals surface area contributed by atoms with Gasteiger partial charge in [-0.3, -0.25) is 14.5 Å². The van der Waals surface area contributed by atoms with Gasteiger partial charge in [0, 0.05) is 31.4 Å². The first kappa shape index (κ1) is 19.0. The molecule has 0 aliphatic carbocycles. The van der Waals surface area contributed by atoms with E-state index in [1.165, 1.54) is 12.1 Å². The summed E-state index contributed by atoms with van der Waals surface area (Å²) in [6.07, 6.45) is 0.868. The van der Waals surface area contributed by atoms with Crippen LogP contribution in [0.15, 0.2) is 42.5 Å². The average molecular weight is 369 g/mol. The van der Waals surface area contributed by atoms with E-state index in [1.54, 1.807) is 25.2 Å². The number of rotatable bonds is 5. The first-order valence-electron chi connectivity index (χ1n) is 9.06. The SMILES string of the molecule is CNC(=O)[C@@H]1CCN(Cc2ccc(C(=O)Nc3cc(F)ccc3C)cc2)C1. The van der Waals surface area contributed by atoms with Crippen LogP contribution in [-0.2, 0) is 11.3 Å². The van der Waals surface area contributed by atoms with Crippen LogP contribution in [0.4, 0.5) is 10.1 Å². The van der Waals surface area contributed by atoms with E-state index in [4.69, 9.17) is 0 Å². The Kier molecular flexibility index (Phi) is 5.86. The molecular formula is C21H24FN3O2. The largest absolute Gasteiger partial charge is 0.359 e. The van der Waals surface area contributed by atoms with Gasteiger partial charge in [-0.25, -0.2) is 4.39 Å². The van der Waals surface area contributed by atoms with Crippen LogP contribution < -0.4 is 10.6 Å². The average Bonchev–Trinajstić information content (AvgIpc) is 3.13. The molecule has 2 aromatic rings. The fourth-order valence-corrected chi connectivity index (χ4v) is 3.34. The zero-order valence-electron chi connectivity index (χ0n) is 15.6. The topological polar surface area (TPSA) is 61.4 Å². The van der Waals surface area contributed by atoms with E-state index in [2.05, 4.69) is 15.5 Å². The second-order valence-electron chi connectivity index (χ2n) is 6.95. The second kappa shape index (κ2) is 8.31. The lowest BCUT2D eigenvalue weighted by Gasteiger charge is -2.16. The highest BCUT2D eigenvalue weighted by Crippen LogP contribution is 2.20. The Labute approximate surface area is 158 Å². The van der Waals surface area contributed by atoms with Gasteiger partial charge in [-0.15, -0.1) is 0 Å². The molecule has 1 atom stereocenters. The number of carbonyl (C=O) groups excluding carboxylic acids is 2. The van der Waals surface area contributed by atoms with E-state index >= 15 is 0 Å². The van der Waals surface area contributed by atoms with Crippen molar-refractivity contribution in [2.24, 2.45) is 5.92 Å². The standard InChI is InChI=1S/C21H24FN3O2/c1-14-3-8-18(22)11-19(14)24-21(27)16-6-4-15(5-7-16)12-25-10-9-17(13-25)20(26)23-2/h3-8,11,17H,9-10,12-13H2,1-2H3,(H,23,26)(H,24,27)/t17-/m1/s1. The number of hydrogen-bond acceptors (Lipinski definition) is 3. The number of anilines is 1. The number of nitrogens with one attached hydrogen (secondary N) is 2. The van der Waals surface area contributed by atoms with E-state index in [0.29, 0.717) is 11.3 Å². The van der Waals surface area contributed by atoms with Crippen LogP contribution in [0.3, 0.4) is 0 Å². The van der Waals surface area contributed by atoms with Gasteiger partial charge in [-0.2, -0.15) is 0 Å². The van der Waals surface area contributed by atoms with E-state index < -0.39 is 0 Å². The van der Waals surface area contributed by atoms with Crippen molar-refractivity contribution < 1.29 is 14.0 Å². The highest BCUT2D eigenvalue weighted by atomic mass is 19.1. The van der Waals surface area contributed by atoms with Gasteiger partial charge < -0.3 is 10.6 Å². The summed E-state index contributed by atoms with van der Waals surface area (Å²) in [5.41, 5.74) is 2.89. The number of nitrogens with zero attached hydrogens (tertiary/aromatic N) is 1. The van der Waals surface area contributed by atoms with Gasteiger partial charge in [0.15, 0.2) is 0 Å². The summed E-state index contributed by atoms with van der Waals surface area (Å²) in [5.74, 6) is -0.505. The zero-order chi connectivity index (χ0) is 19.4. The van der Waals surface area contributed by atoms with Crippen molar-refractivity contribution in [3.63, 3.8) is 0 Å². The Balaban J connectivity index is 1.59. The first-order valence-corrected chi connectivity index (χ1v) is 9.06. The molecule has 1 fully saturated rings. The number of hydrogen-bond donors (Lipinski definition) is 2. The maximum atomic E-state index is 13.4. The van der Waals surface area contributed by atoms with Crippen molar-refractivity contribution in [2.45, 2.75) is 19.9 Å². The minimum absolute atomic E-state index is 0.0505. The fourth-order valence-electron chi connectivity index (χ4n) is 3.34. The Bertz CT molecular complexity index is 836. The van der Waals surface area contributed by atoms with E-state index in [-0.39, 0.29) is 23.5 Å². The number of halogens is 1. The van der Waals surface area contributed by atoms with Crippen LogP contribution in [0.25, 0.3) is 0 Å². The molecule has 2 aromatic carbocycles. The lowest BCUT2D eigenvalue weighted by molar-refractivity contribution is -0.124. The van der Waals surface area contributed by atoms with Crippen LogP contribution >= 0.6 is 0 Å². The molecule has 1 aliphatic heterocycles. The summed E-state index contributed by atoms with van der Waals surface area (Å²) in [4.78, 5) is 26.4. The molecule has 0 saturated carbocycles. The lowest BCUT2D eigenvalue weighted by Crippen LogP contribution is -2.30. The van der Waals surface area contributed by atoms with Crippen LogP contribution in [0.5, 0.6) is 0 Å². The molecule has 2 N–H and O–H groups in total. The number of carbonyl (C=O) groups is 2. The summed E-state index contributed by atoms with van der Waals surface area (Å²) in [6, 6.07) is 11.7. The Morgan fingerprint density at radius 2 is 1.93 bits per heavy atom. The normalized spacial score (nSPS) is 16.9. The van der Waals surface area contributed by atoms with Gasteiger partial charge in [0.2, 0.25) is 5.91 Å². The summed E-state index contributed by atoms with van der Waals surface area (Å²) in [6.45, 7) is 4.21. The highest BCUT2D eigenvalue weighted by molar-refractivity contribution is 6.04. The van der Waals surface area contributed by atoms with E-state index in [1.807, 2.05) is 19.1 Å². The van der Waals surface area contributed by atoms with E-state index in [0.717, 1.165) is 37.2 Å². The van der Waals surface area contributed by atoms with E-state index in [9.17, 15) is 14.0 Å². The van der Waals surface area contributed by atoms with Crippen LogP contribution in [-0.4, -0.2) is 36.9 Å². The van der Waals surface area contributed by atoms with Crippen molar-refractivity contribution in [3.8, 4) is 0 Å². The molecule has 1 saturated heterocycles. The molecule has 0 bridgehead atoms. The van der Waals surface area contributed by atoms with Gasteiger partial charge >= 0.3 is 0 Å². The fraction of sp³-hybridized carbons (Fsp3) is 0.333. The van der Waals surface area contributed by atoms with Gasteiger partial charge in [0.25, 0.3) is 5.91 Å². The van der Waals surface area contributed by atoms with Crippen molar-refractivity contribution in [1.82, 2.24) is 10.2 Å². The quantitative estimate of drug-likeness (QED) is 0.852. The molecule has 2 amide bonds. The van der Waals surface area contributed by atoms with Gasteiger partial charge in [0.05, 0.1) is 5.92 Å². The molecule has 6 heteroatoms. The number of likely N-dealkylation sites (tertiary alicyclic amines) is 1. The smallest absolute Gasteiger partial charge is 0.255 e. The highest BCUT2D eigenvalue weighted by Gasteiger charge is 2.27. The summed E-state index contributed by atoms with van der Waals surface area (Å²) in [7, 11) is 1.67. The molecule has 1 heterocycles. The van der Waals surface area contributed by atoms with Crippen LogP contribution in [0.2, 0.25) is 0 Å². The van der Waals surface area contributed by atoms with Crippen molar-refractivity contribution >= 4 is 17.5 Å². The number of benzene rings is 2. The molecule has 0 unspecified atom stereocenters. The lowest BCUT2D eigenvalue weighted by atomic mass is 10.1. The summed E-state index contributed by atoms with van der Waals surface area (Å²) >= 11 is 0. The molecule has 142 valence electrons. The van der Waals surface area contributed by atoms with Gasteiger partial charge in [0.1, 0.15) is 5.82 Å². The van der Waals surface area contributed by atoms with Crippen molar-refractivity contribution in [3.05, 3.63) is 65.0 Å². The third-order valence-electron chi connectivity index (χ3n) is 4.96. The first-order chi connectivity index (χ1) is 13.0. The molecule has 5 nitrogen and oxygen atoms in total. The maximum Gasteiger partial charge on any atom is 0.255 e. The predicted octanol–water partition coefficient (Wildman–Crippen LogP) is 2.95. The molecule has 0 radical (unpaired) electrons. The second-order valence-corrected chi connectivity index (χ2v) is 6.95.